The van der Waals surface area contributed by atoms with E-state index in [1.807, 2.05) is 0 Å². The topological polar surface area (TPSA) is 24.5 Å². The van der Waals surface area contributed by atoms with Crippen molar-refractivity contribution in [2.45, 2.75) is 26.4 Å². The third-order valence-corrected chi connectivity index (χ3v) is 1.69. The first-order chi connectivity index (χ1) is 6.13. The van der Waals surface area contributed by atoms with E-state index < -0.39 is 0 Å². The Kier molecular flexibility index (Phi) is 8.40. The summed E-state index contributed by atoms with van der Waals surface area (Å²) >= 11 is 0. The van der Waals surface area contributed by atoms with Gasteiger partial charge < -0.3 is 15.0 Å². The standard InChI is InChI=1S/C10H24N2O/c1-10(2)13-9-7-11-6-5-8-12(3)4/h10-11H,5-9H2,1-4H3. The van der Waals surface area contributed by atoms with Crippen molar-refractivity contribution in [2.75, 3.05) is 40.3 Å². The zero-order valence-corrected chi connectivity index (χ0v) is 9.47. The van der Waals surface area contributed by atoms with Crippen LogP contribution in [0.15, 0.2) is 0 Å². The van der Waals surface area contributed by atoms with Gasteiger partial charge in [-0.25, -0.2) is 0 Å². The third kappa shape index (κ3) is 11.9. The van der Waals surface area contributed by atoms with Crippen LogP contribution in [0.1, 0.15) is 20.3 Å². The number of hydrogen-bond donors (Lipinski definition) is 1. The van der Waals surface area contributed by atoms with Crippen molar-refractivity contribution in [2.24, 2.45) is 0 Å². The van der Waals surface area contributed by atoms with E-state index >= 15 is 0 Å². The van der Waals surface area contributed by atoms with Crippen molar-refractivity contribution < 1.29 is 4.74 Å². The lowest BCUT2D eigenvalue weighted by atomic mass is 10.4. The number of nitrogens with one attached hydrogen (secondary N) is 1. The van der Waals surface area contributed by atoms with Gasteiger partial charge in [-0.05, 0) is 47.5 Å². The second kappa shape index (κ2) is 8.48. The highest BCUT2D eigenvalue weighted by atomic mass is 16.5. The Morgan fingerprint density at radius 1 is 1.23 bits per heavy atom. The van der Waals surface area contributed by atoms with Crippen LogP contribution in [0.2, 0.25) is 0 Å². The maximum atomic E-state index is 5.40. The largest absolute Gasteiger partial charge is 0.377 e. The molecule has 0 saturated heterocycles. The molecule has 0 aromatic heterocycles. The summed E-state index contributed by atoms with van der Waals surface area (Å²) in [6.07, 6.45) is 1.55. The zero-order valence-electron chi connectivity index (χ0n) is 9.47. The Bertz CT molecular complexity index is 93.1. The van der Waals surface area contributed by atoms with E-state index in [1.165, 1.54) is 6.42 Å². The minimum Gasteiger partial charge on any atom is -0.377 e. The van der Waals surface area contributed by atoms with Crippen LogP contribution in [-0.2, 0) is 4.74 Å². The Morgan fingerprint density at radius 3 is 2.46 bits per heavy atom. The van der Waals surface area contributed by atoms with Crippen LogP contribution in [0.3, 0.4) is 0 Å². The predicted molar refractivity (Wildman–Crippen MR) is 57.1 cm³/mol. The second-order valence-corrected chi connectivity index (χ2v) is 3.83. The second-order valence-electron chi connectivity index (χ2n) is 3.83. The summed E-state index contributed by atoms with van der Waals surface area (Å²) in [6, 6.07) is 0. The van der Waals surface area contributed by atoms with E-state index in [0.717, 1.165) is 26.2 Å². The lowest BCUT2D eigenvalue weighted by Gasteiger charge is -2.10. The molecule has 13 heavy (non-hydrogen) atoms. The first-order valence-electron chi connectivity index (χ1n) is 5.10. The highest BCUT2D eigenvalue weighted by Crippen LogP contribution is 1.85. The normalized spacial score (nSPS) is 11.5. The summed E-state index contributed by atoms with van der Waals surface area (Å²) in [5.74, 6) is 0. The summed E-state index contributed by atoms with van der Waals surface area (Å²) in [5.41, 5.74) is 0. The van der Waals surface area contributed by atoms with Crippen molar-refractivity contribution in [1.82, 2.24) is 10.2 Å². The highest BCUT2D eigenvalue weighted by Gasteiger charge is 1.93. The number of ether oxygens (including phenoxy) is 1. The highest BCUT2D eigenvalue weighted by molar-refractivity contribution is 4.50. The fraction of sp³-hybridized carbons (Fsp3) is 1.00. The molecule has 0 aliphatic carbocycles. The van der Waals surface area contributed by atoms with Crippen LogP contribution in [0.5, 0.6) is 0 Å². The monoisotopic (exact) mass is 188 g/mol. The summed E-state index contributed by atoms with van der Waals surface area (Å²) in [7, 11) is 4.20. The van der Waals surface area contributed by atoms with Crippen molar-refractivity contribution >= 4 is 0 Å². The lowest BCUT2D eigenvalue weighted by Crippen LogP contribution is -2.25. The van der Waals surface area contributed by atoms with E-state index in [0.29, 0.717) is 6.10 Å². The maximum Gasteiger partial charge on any atom is 0.0594 e. The third-order valence-electron chi connectivity index (χ3n) is 1.69. The van der Waals surface area contributed by atoms with Gasteiger partial charge in [0.1, 0.15) is 0 Å². The number of nitrogens with zero attached hydrogens (tertiary/aromatic N) is 1. The summed E-state index contributed by atoms with van der Waals surface area (Å²) in [6.45, 7) is 8.14. The molecular weight excluding hydrogens is 164 g/mol. The molecular formula is C10H24N2O. The molecule has 0 rings (SSSR count). The molecule has 1 N–H and O–H groups in total. The van der Waals surface area contributed by atoms with Crippen LogP contribution in [0.4, 0.5) is 0 Å². The first-order valence-corrected chi connectivity index (χ1v) is 5.10. The smallest absolute Gasteiger partial charge is 0.0594 e. The molecule has 0 bridgehead atoms. The minimum absolute atomic E-state index is 0.351. The van der Waals surface area contributed by atoms with Gasteiger partial charge in [0.05, 0.1) is 12.7 Å². The molecule has 3 heteroatoms. The molecule has 0 radical (unpaired) electrons. The summed E-state index contributed by atoms with van der Waals surface area (Å²) in [4.78, 5) is 2.20. The van der Waals surface area contributed by atoms with Gasteiger partial charge in [0.15, 0.2) is 0 Å². The van der Waals surface area contributed by atoms with Gasteiger partial charge in [0.25, 0.3) is 0 Å². The van der Waals surface area contributed by atoms with Crippen LogP contribution in [-0.4, -0.2) is 51.3 Å². The van der Waals surface area contributed by atoms with Crippen LogP contribution < -0.4 is 5.32 Å². The van der Waals surface area contributed by atoms with E-state index in [9.17, 15) is 0 Å². The molecule has 0 atom stereocenters. The molecule has 0 aliphatic heterocycles. The van der Waals surface area contributed by atoms with Gasteiger partial charge >= 0.3 is 0 Å². The van der Waals surface area contributed by atoms with Crippen molar-refractivity contribution in [1.29, 1.82) is 0 Å². The quantitative estimate of drug-likeness (QED) is 0.574. The van der Waals surface area contributed by atoms with Gasteiger partial charge in [0.2, 0.25) is 0 Å². The average Bonchev–Trinajstić information content (AvgIpc) is 2.01. The summed E-state index contributed by atoms with van der Waals surface area (Å²) in [5, 5.41) is 3.34. The van der Waals surface area contributed by atoms with Gasteiger partial charge in [-0.2, -0.15) is 0 Å². The predicted octanol–water partition coefficient (Wildman–Crippen LogP) is 0.953. The Hall–Kier alpha value is -0.120. The van der Waals surface area contributed by atoms with E-state index in [1.54, 1.807) is 0 Å². The van der Waals surface area contributed by atoms with Crippen LogP contribution in [0.25, 0.3) is 0 Å². The van der Waals surface area contributed by atoms with Crippen LogP contribution >= 0.6 is 0 Å². The average molecular weight is 188 g/mol. The van der Waals surface area contributed by atoms with Crippen molar-refractivity contribution in [3.05, 3.63) is 0 Å². The van der Waals surface area contributed by atoms with E-state index in [4.69, 9.17) is 4.74 Å². The Balaban J connectivity index is 2.92. The number of hydrogen-bond acceptors (Lipinski definition) is 3. The molecule has 0 saturated carbocycles. The molecule has 0 unspecified atom stereocenters. The van der Waals surface area contributed by atoms with E-state index in [-0.39, 0.29) is 0 Å². The molecule has 0 aromatic rings. The fourth-order valence-electron chi connectivity index (χ4n) is 1.01. The molecule has 0 aromatic carbocycles. The molecule has 3 nitrogen and oxygen atoms in total. The number of rotatable bonds is 8. The van der Waals surface area contributed by atoms with E-state index in [2.05, 4.69) is 38.2 Å². The molecule has 80 valence electrons. The zero-order chi connectivity index (χ0) is 10.1. The summed E-state index contributed by atoms with van der Waals surface area (Å²) < 4.78 is 5.40. The molecule has 0 heterocycles. The first kappa shape index (κ1) is 12.9. The van der Waals surface area contributed by atoms with Crippen molar-refractivity contribution in [3.63, 3.8) is 0 Å². The molecule has 0 spiro atoms. The molecule has 0 aliphatic rings. The van der Waals surface area contributed by atoms with Gasteiger partial charge in [-0.3, -0.25) is 0 Å². The Labute approximate surface area is 82.4 Å². The van der Waals surface area contributed by atoms with Gasteiger partial charge in [-0.1, -0.05) is 0 Å². The Morgan fingerprint density at radius 2 is 1.92 bits per heavy atom. The fourth-order valence-corrected chi connectivity index (χ4v) is 1.01. The SMILES string of the molecule is CC(C)OCCNCCCN(C)C. The van der Waals surface area contributed by atoms with Crippen LogP contribution in [0, 0.1) is 0 Å². The molecule has 0 fully saturated rings. The van der Waals surface area contributed by atoms with Gasteiger partial charge in [0, 0.05) is 6.54 Å². The maximum absolute atomic E-state index is 5.40. The van der Waals surface area contributed by atoms with Gasteiger partial charge in [-0.15, -0.1) is 0 Å². The molecule has 0 amide bonds. The lowest BCUT2D eigenvalue weighted by molar-refractivity contribution is 0.0808. The minimum atomic E-state index is 0.351. The van der Waals surface area contributed by atoms with Crippen molar-refractivity contribution in [3.8, 4) is 0 Å².